The summed E-state index contributed by atoms with van der Waals surface area (Å²) in [6.45, 7) is 4.08. The number of benzene rings is 2. The van der Waals surface area contributed by atoms with Gasteiger partial charge in [0.25, 0.3) is 0 Å². The number of amides is 1. The molecular weight excluding hydrogens is 392 g/mol. The van der Waals surface area contributed by atoms with Gasteiger partial charge in [0.05, 0.1) is 22.5 Å². The quantitative estimate of drug-likeness (QED) is 0.442. The monoisotopic (exact) mass is 410 g/mol. The van der Waals surface area contributed by atoms with Crippen LogP contribution in [0.3, 0.4) is 0 Å². The molecule has 0 aliphatic heterocycles. The Morgan fingerprint density at radius 3 is 2.64 bits per heavy atom. The van der Waals surface area contributed by atoms with Crippen molar-refractivity contribution < 1.29 is 4.79 Å². The minimum Gasteiger partial charge on any atom is -0.337 e. The number of nitrogens with zero attached hydrogens (tertiary/aromatic N) is 2. The molecule has 2 aromatic heterocycles. The lowest BCUT2D eigenvalue weighted by molar-refractivity contribution is -0.118. The second-order valence-corrected chi connectivity index (χ2v) is 8.11. The maximum atomic E-state index is 13.0. The second kappa shape index (κ2) is 7.73. The standard InChI is InChI=1S/C21H19ClN4OS/c1-12(2)19(13-3-5-14(22)6-4-13)21(27)24-15-7-8-16-17(9-15)26-20(25-16)18-10-28-11-23-18/h3-12,19H,1-2H3,(H,24,27)(H,25,26)/t19-/m1/s1. The highest BCUT2D eigenvalue weighted by Gasteiger charge is 2.24. The molecule has 5 nitrogen and oxygen atoms in total. The Labute approximate surface area is 171 Å². The van der Waals surface area contributed by atoms with Crippen molar-refractivity contribution in [3.05, 3.63) is 63.9 Å². The molecule has 7 heteroatoms. The Balaban J connectivity index is 1.59. The van der Waals surface area contributed by atoms with E-state index in [0.29, 0.717) is 10.7 Å². The van der Waals surface area contributed by atoms with Crippen LogP contribution in [0.5, 0.6) is 0 Å². The van der Waals surface area contributed by atoms with Gasteiger partial charge >= 0.3 is 0 Å². The average molecular weight is 411 g/mol. The number of fused-ring (bicyclic) bond motifs is 1. The van der Waals surface area contributed by atoms with Crippen molar-refractivity contribution in [2.24, 2.45) is 5.92 Å². The predicted octanol–water partition coefficient (Wildman–Crippen LogP) is 5.72. The SMILES string of the molecule is CC(C)[C@@H](C(=O)Nc1ccc2[nH]c(-c3cscn3)nc2c1)c1ccc(Cl)cc1. The Morgan fingerprint density at radius 1 is 1.18 bits per heavy atom. The Bertz CT molecular complexity index is 1100. The number of imidazole rings is 1. The summed E-state index contributed by atoms with van der Waals surface area (Å²) < 4.78 is 0. The molecule has 0 spiro atoms. The van der Waals surface area contributed by atoms with Crippen LogP contribution in [-0.2, 0) is 4.79 Å². The van der Waals surface area contributed by atoms with Crippen molar-refractivity contribution >= 4 is 45.6 Å². The number of aromatic nitrogens is 3. The van der Waals surface area contributed by atoms with Crippen LogP contribution in [0.1, 0.15) is 25.3 Å². The van der Waals surface area contributed by atoms with Crippen molar-refractivity contribution in [3.63, 3.8) is 0 Å². The largest absolute Gasteiger partial charge is 0.337 e. The molecule has 4 rings (SSSR count). The molecule has 4 aromatic rings. The number of carbonyl (C=O) groups is 1. The van der Waals surface area contributed by atoms with Gasteiger partial charge in [0, 0.05) is 16.1 Å². The average Bonchev–Trinajstić information content (AvgIpc) is 3.32. The van der Waals surface area contributed by atoms with Crippen LogP contribution in [0.4, 0.5) is 5.69 Å². The number of anilines is 1. The van der Waals surface area contributed by atoms with Gasteiger partial charge in [0.1, 0.15) is 5.69 Å². The van der Waals surface area contributed by atoms with E-state index in [4.69, 9.17) is 11.6 Å². The summed E-state index contributed by atoms with van der Waals surface area (Å²) in [6, 6.07) is 13.1. The number of hydrogen-bond acceptors (Lipinski definition) is 4. The first-order valence-electron chi connectivity index (χ1n) is 8.96. The number of rotatable bonds is 5. The van der Waals surface area contributed by atoms with Crippen LogP contribution < -0.4 is 5.32 Å². The normalized spacial score (nSPS) is 12.4. The third-order valence-corrected chi connectivity index (χ3v) is 5.44. The van der Waals surface area contributed by atoms with Gasteiger partial charge in [-0.15, -0.1) is 11.3 Å². The molecule has 2 heterocycles. The molecule has 2 N–H and O–H groups in total. The molecule has 0 saturated heterocycles. The Hall–Kier alpha value is -2.70. The summed E-state index contributed by atoms with van der Waals surface area (Å²) in [6.07, 6.45) is 0. The van der Waals surface area contributed by atoms with Gasteiger partial charge in [0.2, 0.25) is 5.91 Å². The third kappa shape index (κ3) is 3.79. The first-order valence-corrected chi connectivity index (χ1v) is 10.3. The van der Waals surface area contributed by atoms with Crippen LogP contribution in [0.2, 0.25) is 5.02 Å². The lowest BCUT2D eigenvalue weighted by Crippen LogP contribution is -2.25. The van der Waals surface area contributed by atoms with Crippen LogP contribution in [0.25, 0.3) is 22.6 Å². The van der Waals surface area contributed by atoms with E-state index in [1.165, 1.54) is 11.3 Å². The molecule has 0 saturated carbocycles. The minimum atomic E-state index is -0.266. The van der Waals surface area contributed by atoms with Gasteiger partial charge in [-0.2, -0.15) is 0 Å². The number of thiazole rings is 1. The van der Waals surface area contributed by atoms with Crippen LogP contribution in [0, 0.1) is 5.92 Å². The lowest BCUT2D eigenvalue weighted by Gasteiger charge is -2.21. The van der Waals surface area contributed by atoms with Gasteiger partial charge in [-0.1, -0.05) is 37.6 Å². The zero-order valence-corrected chi connectivity index (χ0v) is 17.0. The Kier molecular flexibility index (Phi) is 5.15. The minimum absolute atomic E-state index is 0.0491. The number of H-pyrrole nitrogens is 1. The highest BCUT2D eigenvalue weighted by atomic mass is 35.5. The van der Waals surface area contributed by atoms with Crippen LogP contribution in [-0.4, -0.2) is 20.9 Å². The topological polar surface area (TPSA) is 70.7 Å². The summed E-state index contributed by atoms with van der Waals surface area (Å²) in [5.41, 5.74) is 5.94. The van der Waals surface area contributed by atoms with Crippen LogP contribution in [0.15, 0.2) is 53.4 Å². The van der Waals surface area contributed by atoms with Gasteiger partial charge < -0.3 is 10.3 Å². The van der Waals surface area contributed by atoms with Gasteiger partial charge in [0.15, 0.2) is 5.82 Å². The van der Waals surface area contributed by atoms with Crippen LogP contribution >= 0.6 is 22.9 Å². The van der Waals surface area contributed by atoms with E-state index in [-0.39, 0.29) is 17.7 Å². The second-order valence-electron chi connectivity index (χ2n) is 6.95. The summed E-state index contributed by atoms with van der Waals surface area (Å²) in [5.74, 6) is 0.553. The van der Waals surface area contributed by atoms with Crippen molar-refractivity contribution in [3.8, 4) is 11.5 Å². The van der Waals surface area contributed by atoms with Gasteiger partial charge in [-0.3, -0.25) is 4.79 Å². The maximum absolute atomic E-state index is 13.0. The highest BCUT2D eigenvalue weighted by Crippen LogP contribution is 2.28. The molecule has 0 bridgehead atoms. The molecule has 0 unspecified atom stereocenters. The zero-order valence-electron chi connectivity index (χ0n) is 15.4. The molecule has 28 heavy (non-hydrogen) atoms. The molecule has 1 amide bonds. The summed E-state index contributed by atoms with van der Waals surface area (Å²) in [4.78, 5) is 25.1. The third-order valence-electron chi connectivity index (χ3n) is 4.60. The van der Waals surface area contributed by atoms with Crippen molar-refractivity contribution in [1.82, 2.24) is 15.0 Å². The molecular formula is C21H19ClN4OS. The van der Waals surface area contributed by atoms with E-state index >= 15 is 0 Å². The summed E-state index contributed by atoms with van der Waals surface area (Å²) >= 11 is 7.51. The van der Waals surface area contributed by atoms with E-state index in [1.54, 1.807) is 5.51 Å². The molecule has 1 atom stereocenters. The number of nitrogens with one attached hydrogen (secondary N) is 2. The number of aromatic amines is 1. The van der Waals surface area contributed by atoms with E-state index in [1.807, 2.05) is 61.7 Å². The van der Waals surface area contributed by atoms with Crippen molar-refractivity contribution in [2.75, 3.05) is 5.32 Å². The first kappa shape index (κ1) is 18.7. The van der Waals surface area contributed by atoms with Gasteiger partial charge in [-0.05, 0) is 41.8 Å². The lowest BCUT2D eigenvalue weighted by atomic mass is 9.87. The van der Waals surface area contributed by atoms with Crippen molar-refractivity contribution in [2.45, 2.75) is 19.8 Å². The summed E-state index contributed by atoms with van der Waals surface area (Å²) in [5, 5.41) is 5.64. The first-order chi connectivity index (χ1) is 13.5. The zero-order chi connectivity index (χ0) is 19.7. The Morgan fingerprint density at radius 2 is 1.96 bits per heavy atom. The fourth-order valence-corrected chi connectivity index (χ4v) is 3.93. The highest BCUT2D eigenvalue weighted by molar-refractivity contribution is 7.07. The number of carbonyl (C=O) groups excluding carboxylic acids is 1. The molecule has 2 aromatic carbocycles. The molecule has 142 valence electrons. The number of hydrogen-bond donors (Lipinski definition) is 2. The molecule has 0 radical (unpaired) electrons. The number of halogens is 1. The summed E-state index contributed by atoms with van der Waals surface area (Å²) in [7, 11) is 0. The van der Waals surface area contributed by atoms with E-state index in [9.17, 15) is 4.79 Å². The van der Waals surface area contributed by atoms with Gasteiger partial charge in [-0.25, -0.2) is 9.97 Å². The maximum Gasteiger partial charge on any atom is 0.232 e. The fraction of sp³-hybridized carbons (Fsp3) is 0.190. The van der Waals surface area contributed by atoms with Crippen molar-refractivity contribution in [1.29, 1.82) is 0 Å². The van der Waals surface area contributed by atoms with E-state index < -0.39 is 0 Å². The molecule has 0 aliphatic carbocycles. The van der Waals surface area contributed by atoms with E-state index in [2.05, 4.69) is 20.3 Å². The molecule has 0 fully saturated rings. The predicted molar refractivity (Wildman–Crippen MR) is 115 cm³/mol. The molecule has 0 aliphatic rings. The fourth-order valence-electron chi connectivity index (χ4n) is 3.26. The smallest absolute Gasteiger partial charge is 0.232 e. The van der Waals surface area contributed by atoms with E-state index in [0.717, 1.165) is 28.1 Å².